The number of fused-ring (bicyclic) bond motifs is 1. The number of nitrogen functional groups attached to an aromatic ring is 1. The van der Waals surface area contributed by atoms with Gasteiger partial charge in [-0.3, -0.25) is 5.41 Å². The lowest BCUT2D eigenvalue weighted by Gasteiger charge is -1.97. The zero-order valence-electron chi connectivity index (χ0n) is 7.96. The number of nitrogens with zero attached hydrogens (tertiary/aromatic N) is 1. The zero-order valence-corrected chi connectivity index (χ0v) is 7.96. The van der Waals surface area contributed by atoms with Gasteiger partial charge in [-0.15, -0.1) is 0 Å². The van der Waals surface area contributed by atoms with Crippen LogP contribution in [0, 0.1) is 5.41 Å². The average Bonchev–Trinajstić information content (AvgIpc) is 2.59. The van der Waals surface area contributed by atoms with Crippen LogP contribution in [0.25, 0.3) is 11.0 Å². The summed E-state index contributed by atoms with van der Waals surface area (Å²) in [4.78, 5) is 7.55. The minimum atomic E-state index is 0.0600. The fourth-order valence-corrected chi connectivity index (χ4v) is 1.47. The van der Waals surface area contributed by atoms with Gasteiger partial charge in [-0.1, -0.05) is 13.0 Å². The summed E-state index contributed by atoms with van der Waals surface area (Å²) in [6.07, 6.45) is 0.853. The molecule has 2 rings (SSSR count). The Kier molecular flexibility index (Phi) is 1.96. The van der Waals surface area contributed by atoms with E-state index in [9.17, 15) is 0 Å². The van der Waals surface area contributed by atoms with Gasteiger partial charge in [0.05, 0.1) is 11.0 Å². The first-order valence-electron chi connectivity index (χ1n) is 4.54. The van der Waals surface area contributed by atoms with Crippen LogP contribution >= 0.6 is 0 Å². The second kappa shape index (κ2) is 3.14. The number of aromatic nitrogens is 2. The Morgan fingerprint density at radius 2 is 2.36 bits per heavy atom. The molecule has 0 saturated heterocycles. The van der Waals surface area contributed by atoms with Crippen molar-refractivity contribution in [2.24, 2.45) is 5.73 Å². The molecule has 4 N–H and O–H groups in total. The maximum absolute atomic E-state index is 7.41. The Bertz CT molecular complexity index is 484. The van der Waals surface area contributed by atoms with Crippen molar-refractivity contribution < 1.29 is 0 Å². The maximum Gasteiger partial charge on any atom is 0.125 e. The summed E-state index contributed by atoms with van der Waals surface area (Å²) in [6, 6.07) is 5.62. The lowest BCUT2D eigenvalue weighted by atomic mass is 10.2. The predicted octanol–water partition coefficient (Wildman–Crippen LogP) is 1.41. The molecular formula is C10H12N4. The van der Waals surface area contributed by atoms with Crippen molar-refractivity contribution in [3.8, 4) is 0 Å². The van der Waals surface area contributed by atoms with Gasteiger partial charge >= 0.3 is 0 Å². The number of nitrogens with two attached hydrogens (primary N) is 1. The van der Waals surface area contributed by atoms with E-state index in [4.69, 9.17) is 11.1 Å². The van der Waals surface area contributed by atoms with Crippen molar-refractivity contribution >= 4 is 16.9 Å². The molecule has 4 heteroatoms. The molecule has 0 spiro atoms. The molecule has 14 heavy (non-hydrogen) atoms. The van der Waals surface area contributed by atoms with Gasteiger partial charge in [0.25, 0.3) is 0 Å². The fourth-order valence-electron chi connectivity index (χ4n) is 1.47. The summed E-state index contributed by atoms with van der Waals surface area (Å²) in [5, 5.41) is 7.41. The summed E-state index contributed by atoms with van der Waals surface area (Å²) < 4.78 is 0. The highest BCUT2D eigenvalue weighted by molar-refractivity contribution is 6.05. The number of hydrogen-bond acceptors (Lipinski definition) is 2. The number of benzene rings is 1. The van der Waals surface area contributed by atoms with Gasteiger partial charge in [0, 0.05) is 12.0 Å². The topological polar surface area (TPSA) is 78.6 Å². The molecule has 2 aromatic rings. The molecule has 0 amide bonds. The van der Waals surface area contributed by atoms with Crippen molar-refractivity contribution in [3.63, 3.8) is 0 Å². The molecule has 72 valence electrons. The molecule has 0 aliphatic rings. The van der Waals surface area contributed by atoms with Crippen LogP contribution in [0.3, 0.4) is 0 Å². The van der Waals surface area contributed by atoms with E-state index in [-0.39, 0.29) is 5.84 Å². The Labute approximate surface area is 81.7 Å². The molecule has 0 unspecified atom stereocenters. The van der Waals surface area contributed by atoms with E-state index in [1.807, 2.05) is 25.1 Å². The van der Waals surface area contributed by atoms with Gasteiger partial charge in [-0.05, 0) is 12.1 Å². The molecule has 0 fully saturated rings. The molecule has 1 heterocycles. The van der Waals surface area contributed by atoms with Crippen molar-refractivity contribution in [2.45, 2.75) is 13.3 Å². The average molecular weight is 188 g/mol. The molecule has 0 atom stereocenters. The highest BCUT2D eigenvalue weighted by Crippen LogP contribution is 2.16. The molecule has 0 radical (unpaired) electrons. The van der Waals surface area contributed by atoms with Crippen molar-refractivity contribution in [1.82, 2.24) is 9.97 Å². The summed E-state index contributed by atoms with van der Waals surface area (Å²) >= 11 is 0. The van der Waals surface area contributed by atoms with Crippen LogP contribution in [-0.2, 0) is 6.42 Å². The SMILES string of the molecule is CCc1nc2c(C(=N)N)cccc2[nH]1. The standard InChI is InChI=1S/C10H12N4/c1-2-8-13-7-5-3-4-6(10(11)12)9(7)14-8/h3-5H,2H2,1H3,(H3,11,12)(H,13,14). The Balaban J connectivity index is 2.73. The first-order valence-corrected chi connectivity index (χ1v) is 4.54. The summed E-state index contributed by atoms with van der Waals surface area (Å²) in [5.74, 6) is 0.985. The number of amidine groups is 1. The number of rotatable bonds is 2. The van der Waals surface area contributed by atoms with Crippen molar-refractivity contribution in [1.29, 1.82) is 5.41 Å². The van der Waals surface area contributed by atoms with E-state index in [1.165, 1.54) is 0 Å². The second-order valence-corrected chi connectivity index (χ2v) is 3.15. The minimum Gasteiger partial charge on any atom is -0.384 e. The molecule has 1 aromatic heterocycles. The molecule has 0 bridgehead atoms. The van der Waals surface area contributed by atoms with Crippen LogP contribution in [0.1, 0.15) is 18.3 Å². The van der Waals surface area contributed by atoms with E-state index in [1.54, 1.807) is 0 Å². The zero-order chi connectivity index (χ0) is 10.1. The monoisotopic (exact) mass is 188 g/mol. The van der Waals surface area contributed by atoms with Crippen LogP contribution < -0.4 is 5.73 Å². The Morgan fingerprint density at radius 3 is 3.00 bits per heavy atom. The molecular weight excluding hydrogens is 176 g/mol. The van der Waals surface area contributed by atoms with Crippen LogP contribution in [0.5, 0.6) is 0 Å². The normalized spacial score (nSPS) is 10.6. The van der Waals surface area contributed by atoms with Crippen LogP contribution in [0.15, 0.2) is 18.2 Å². The molecule has 0 aliphatic heterocycles. The summed E-state index contributed by atoms with van der Waals surface area (Å²) in [7, 11) is 0. The lowest BCUT2D eigenvalue weighted by Crippen LogP contribution is -2.11. The van der Waals surface area contributed by atoms with E-state index >= 15 is 0 Å². The van der Waals surface area contributed by atoms with E-state index in [0.717, 1.165) is 23.3 Å². The third kappa shape index (κ3) is 1.25. The summed E-state index contributed by atoms with van der Waals surface area (Å²) in [5.41, 5.74) is 7.88. The second-order valence-electron chi connectivity index (χ2n) is 3.15. The maximum atomic E-state index is 7.41. The Morgan fingerprint density at radius 1 is 1.57 bits per heavy atom. The fraction of sp³-hybridized carbons (Fsp3) is 0.200. The number of para-hydroxylation sites is 1. The minimum absolute atomic E-state index is 0.0600. The van der Waals surface area contributed by atoms with Crippen LogP contribution in [0.4, 0.5) is 0 Å². The van der Waals surface area contributed by atoms with Crippen molar-refractivity contribution in [2.75, 3.05) is 0 Å². The van der Waals surface area contributed by atoms with Gasteiger partial charge < -0.3 is 10.7 Å². The highest BCUT2D eigenvalue weighted by Gasteiger charge is 2.07. The van der Waals surface area contributed by atoms with E-state index in [0.29, 0.717) is 5.56 Å². The smallest absolute Gasteiger partial charge is 0.125 e. The Hall–Kier alpha value is -1.84. The van der Waals surface area contributed by atoms with Gasteiger partial charge in [-0.2, -0.15) is 0 Å². The first-order chi connectivity index (χ1) is 6.72. The number of aromatic amines is 1. The largest absolute Gasteiger partial charge is 0.384 e. The number of nitrogens with one attached hydrogen (secondary N) is 2. The van der Waals surface area contributed by atoms with Crippen LogP contribution in [-0.4, -0.2) is 15.8 Å². The third-order valence-electron chi connectivity index (χ3n) is 2.19. The van der Waals surface area contributed by atoms with E-state index in [2.05, 4.69) is 9.97 Å². The molecule has 4 nitrogen and oxygen atoms in total. The molecule has 0 aliphatic carbocycles. The number of H-pyrrole nitrogens is 1. The quantitative estimate of drug-likeness (QED) is 0.492. The first kappa shape index (κ1) is 8.74. The van der Waals surface area contributed by atoms with E-state index < -0.39 is 0 Å². The van der Waals surface area contributed by atoms with Gasteiger partial charge in [0.2, 0.25) is 0 Å². The predicted molar refractivity (Wildman–Crippen MR) is 56.5 cm³/mol. The molecule has 1 aromatic carbocycles. The number of imidazole rings is 1. The third-order valence-corrected chi connectivity index (χ3v) is 2.19. The van der Waals surface area contributed by atoms with Gasteiger partial charge in [0.15, 0.2) is 0 Å². The number of aryl methyl sites for hydroxylation is 1. The van der Waals surface area contributed by atoms with Crippen molar-refractivity contribution in [3.05, 3.63) is 29.6 Å². The lowest BCUT2D eigenvalue weighted by molar-refractivity contribution is 1.00. The summed E-state index contributed by atoms with van der Waals surface area (Å²) in [6.45, 7) is 2.03. The van der Waals surface area contributed by atoms with Crippen LogP contribution in [0.2, 0.25) is 0 Å². The number of hydrogen-bond donors (Lipinski definition) is 3. The van der Waals surface area contributed by atoms with Gasteiger partial charge in [0.1, 0.15) is 11.7 Å². The highest BCUT2D eigenvalue weighted by atomic mass is 14.9. The molecule has 0 saturated carbocycles. The van der Waals surface area contributed by atoms with Gasteiger partial charge in [-0.25, -0.2) is 4.98 Å².